The van der Waals surface area contributed by atoms with Crippen LogP contribution in [0.1, 0.15) is 79.7 Å². The Morgan fingerprint density at radius 1 is 0.939 bits per heavy atom. The number of fused-ring (bicyclic) bond motifs is 2. The van der Waals surface area contributed by atoms with Gasteiger partial charge in [0.2, 0.25) is 0 Å². The minimum Gasteiger partial charge on any atom is -0.465 e. The Hall–Kier alpha value is -1.95. The number of rotatable bonds is 4. The molecule has 0 spiro atoms. The summed E-state index contributed by atoms with van der Waals surface area (Å²) in [5, 5.41) is 0.759. The molecule has 2 atom stereocenters. The van der Waals surface area contributed by atoms with E-state index in [1.807, 2.05) is 26.0 Å². The van der Waals surface area contributed by atoms with E-state index in [0.717, 1.165) is 10.9 Å². The number of carbonyl (C=O) groups is 1. The monoisotopic (exact) mass is 512 g/mol. The van der Waals surface area contributed by atoms with Crippen LogP contribution in [0.25, 0.3) is 12.2 Å². The van der Waals surface area contributed by atoms with E-state index in [-0.39, 0.29) is 29.0 Å². The molecule has 0 N–H and O–H groups in total. The molecule has 4 nitrogen and oxygen atoms in total. The molecular formula is C28H33BrO4. The van der Waals surface area contributed by atoms with Crippen molar-refractivity contribution in [2.75, 3.05) is 7.11 Å². The molecule has 2 aromatic carbocycles. The van der Waals surface area contributed by atoms with Crippen molar-refractivity contribution in [3.63, 3.8) is 0 Å². The number of halogens is 1. The standard InChI is InChI=1S/C28H33BrO4/c1-26(2)21-14-19(13-10-17-8-11-18(12-9-17)25(30)31-7)20(16-29)15-22(21)27(3,4)24-23(26)32-28(5,6)33-24/h8-15,23-24H,16H2,1-7H3/b13-10+. The second-order valence-electron chi connectivity index (χ2n) is 10.6. The number of carbonyl (C=O) groups excluding carboxylic acids is 1. The number of esters is 1. The lowest BCUT2D eigenvalue weighted by atomic mass is 9.59. The molecule has 1 aliphatic carbocycles. The van der Waals surface area contributed by atoms with E-state index in [1.54, 1.807) is 12.1 Å². The van der Waals surface area contributed by atoms with E-state index in [4.69, 9.17) is 14.2 Å². The predicted molar refractivity (Wildman–Crippen MR) is 136 cm³/mol. The Kier molecular flexibility index (Phi) is 6.13. The third-order valence-electron chi connectivity index (χ3n) is 7.12. The largest absolute Gasteiger partial charge is 0.465 e. The zero-order valence-corrected chi connectivity index (χ0v) is 22.1. The molecule has 2 aromatic rings. The summed E-state index contributed by atoms with van der Waals surface area (Å²) in [5.74, 6) is -0.922. The maximum Gasteiger partial charge on any atom is 0.337 e. The fraction of sp³-hybridized carbons (Fsp3) is 0.464. The van der Waals surface area contributed by atoms with Gasteiger partial charge in [-0.05, 0) is 53.8 Å². The molecule has 1 aliphatic heterocycles. The summed E-state index contributed by atoms with van der Waals surface area (Å²) in [7, 11) is 1.39. The van der Waals surface area contributed by atoms with E-state index < -0.39 is 5.79 Å². The van der Waals surface area contributed by atoms with Crippen LogP contribution < -0.4 is 0 Å². The van der Waals surface area contributed by atoms with Crippen LogP contribution in [0.2, 0.25) is 0 Å². The van der Waals surface area contributed by atoms with Gasteiger partial charge in [0.05, 0.1) is 24.9 Å². The third-order valence-corrected chi connectivity index (χ3v) is 7.72. The van der Waals surface area contributed by atoms with Crippen LogP contribution in [0.3, 0.4) is 0 Å². The molecule has 0 bridgehead atoms. The highest BCUT2D eigenvalue weighted by atomic mass is 79.9. The maximum atomic E-state index is 11.7. The van der Waals surface area contributed by atoms with Gasteiger partial charge in [-0.3, -0.25) is 0 Å². The molecule has 2 unspecified atom stereocenters. The maximum absolute atomic E-state index is 11.7. The Bertz CT molecular complexity index is 1100. The normalized spacial score (nSPS) is 24.4. The molecule has 0 amide bonds. The highest BCUT2D eigenvalue weighted by molar-refractivity contribution is 9.08. The lowest BCUT2D eigenvalue weighted by molar-refractivity contribution is -0.153. The molecule has 1 saturated heterocycles. The first-order valence-electron chi connectivity index (χ1n) is 11.4. The molecular weight excluding hydrogens is 480 g/mol. The van der Waals surface area contributed by atoms with Crippen molar-refractivity contribution in [1.82, 2.24) is 0 Å². The number of alkyl halides is 1. The van der Waals surface area contributed by atoms with Crippen molar-refractivity contribution in [1.29, 1.82) is 0 Å². The first-order chi connectivity index (χ1) is 15.4. The number of ether oxygens (including phenoxy) is 3. The summed E-state index contributed by atoms with van der Waals surface area (Å²) in [6, 6.07) is 12.1. The van der Waals surface area contributed by atoms with E-state index in [1.165, 1.54) is 29.4 Å². The quantitative estimate of drug-likeness (QED) is 0.262. The van der Waals surface area contributed by atoms with E-state index >= 15 is 0 Å². The summed E-state index contributed by atoms with van der Waals surface area (Å²) in [6.07, 6.45) is 4.20. The van der Waals surface area contributed by atoms with Gasteiger partial charge in [0.25, 0.3) is 0 Å². The van der Waals surface area contributed by atoms with Gasteiger partial charge in [0.1, 0.15) is 0 Å². The zero-order valence-electron chi connectivity index (χ0n) is 20.5. The molecule has 0 saturated carbocycles. The first-order valence-corrected chi connectivity index (χ1v) is 12.5. The lowest BCUT2D eigenvalue weighted by Gasteiger charge is -2.48. The van der Waals surface area contributed by atoms with E-state index in [9.17, 15) is 4.79 Å². The Morgan fingerprint density at radius 3 is 2.00 bits per heavy atom. The Balaban J connectivity index is 1.75. The summed E-state index contributed by atoms with van der Waals surface area (Å²) >= 11 is 3.70. The molecule has 33 heavy (non-hydrogen) atoms. The summed E-state index contributed by atoms with van der Waals surface area (Å²) < 4.78 is 17.6. The summed E-state index contributed by atoms with van der Waals surface area (Å²) in [5.41, 5.74) is 6.23. The smallest absolute Gasteiger partial charge is 0.337 e. The van der Waals surface area contributed by atoms with Gasteiger partial charge in [-0.15, -0.1) is 0 Å². The molecule has 1 fully saturated rings. The molecule has 4 rings (SSSR count). The highest BCUT2D eigenvalue weighted by Gasteiger charge is 2.59. The van der Waals surface area contributed by atoms with Gasteiger partial charge in [0, 0.05) is 16.2 Å². The Morgan fingerprint density at radius 2 is 1.48 bits per heavy atom. The topological polar surface area (TPSA) is 44.8 Å². The van der Waals surface area contributed by atoms with Crippen molar-refractivity contribution >= 4 is 34.1 Å². The fourth-order valence-corrected chi connectivity index (χ4v) is 5.64. The van der Waals surface area contributed by atoms with Crippen LogP contribution in [0, 0.1) is 0 Å². The SMILES string of the molecule is COC(=O)c1ccc(/C=C/c2cc3c(cc2CBr)C(C)(C)C2OC(C)(C)OC2C3(C)C)cc1. The van der Waals surface area contributed by atoms with Crippen LogP contribution in [-0.2, 0) is 30.4 Å². The molecule has 5 heteroatoms. The van der Waals surface area contributed by atoms with Gasteiger partial charge in [-0.1, -0.05) is 80.0 Å². The van der Waals surface area contributed by atoms with Crippen molar-refractivity contribution in [2.24, 2.45) is 0 Å². The van der Waals surface area contributed by atoms with Crippen molar-refractivity contribution in [3.05, 3.63) is 69.8 Å². The highest BCUT2D eigenvalue weighted by Crippen LogP contribution is 2.54. The summed E-state index contributed by atoms with van der Waals surface area (Å²) in [6.45, 7) is 13.1. The molecule has 176 valence electrons. The van der Waals surface area contributed by atoms with E-state index in [0.29, 0.717) is 5.56 Å². The van der Waals surface area contributed by atoms with Crippen LogP contribution >= 0.6 is 15.9 Å². The van der Waals surface area contributed by atoms with Gasteiger partial charge >= 0.3 is 5.97 Å². The van der Waals surface area contributed by atoms with Crippen LogP contribution in [0.5, 0.6) is 0 Å². The number of methoxy groups -OCH3 is 1. The molecule has 2 aliphatic rings. The Labute approximate surface area is 205 Å². The number of hydrogen-bond donors (Lipinski definition) is 0. The van der Waals surface area contributed by atoms with Crippen molar-refractivity contribution in [3.8, 4) is 0 Å². The van der Waals surface area contributed by atoms with E-state index in [2.05, 4.69) is 67.9 Å². The van der Waals surface area contributed by atoms with Crippen molar-refractivity contribution in [2.45, 2.75) is 75.7 Å². The van der Waals surface area contributed by atoms with Gasteiger partial charge in [-0.2, -0.15) is 0 Å². The first kappa shape index (κ1) is 24.2. The third kappa shape index (κ3) is 4.20. The number of hydrogen-bond acceptors (Lipinski definition) is 4. The van der Waals surface area contributed by atoms with Crippen LogP contribution in [0.15, 0.2) is 36.4 Å². The predicted octanol–water partition coefficient (Wildman–Crippen LogP) is 6.63. The zero-order chi connectivity index (χ0) is 24.2. The lowest BCUT2D eigenvalue weighted by Crippen LogP contribution is -2.54. The fourth-order valence-electron chi connectivity index (χ4n) is 5.15. The van der Waals surface area contributed by atoms with Gasteiger partial charge in [-0.25, -0.2) is 4.79 Å². The minimum atomic E-state index is -0.594. The second kappa shape index (κ2) is 8.37. The van der Waals surface area contributed by atoms with Crippen LogP contribution in [0.4, 0.5) is 0 Å². The van der Waals surface area contributed by atoms with Gasteiger partial charge < -0.3 is 14.2 Å². The van der Waals surface area contributed by atoms with Gasteiger partial charge in [0.15, 0.2) is 5.79 Å². The number of benzene rings is 2. The average molecular weight is 513 g/mol. The molecule has 0 radical (unpaired) electrons. The van der Waals surface area contributed by atoms with Crippen LogP contribution in [-0.4, -0.2) is 31.1 Å². The molecule has 1 heterocycles. The summed E-state index contributed by atoms with van der Waals surface area (Å²) in [4.78, 5) is 11.7. The average Bonchev–Trinajstić information content (AvgIpc) is 3.13. The molecule has 0 aromatic heterocycles. The van der Waals surface area contributed by atoms with Crippen molar-refractivity contribution < 1.29 is 19.0 Å². The minimum absolute atomic E-state index is 0.00658. The second-order valence-corrected chi connectivity index (χ2v) is 11.2.